The standard InChI is InChI=1S/C17H25N5O4/c1-17(2,3)4-10(24)22-16-13-11(19-7-20-16)8(5-18-13)12-15(26)14(25)9(6-23)21-12/h5,7,9,12,14-15,18,21,23,25-26H,4,6H2,1-3H3,(H,19,20,22,24)/t9-,12+,14-,15+/m1/s1. The Morgan fingerprint density at radius 1 is 1.27 bits per heavy atom. The molecule has 4 atom stereocenters. The van der Waals surface area contributed by atoms with Crippen LogP contribution in [0.25, 0.3) is 11.0 Å². The van der Waals surface area contributed by atoms with Crippen molar-refractivity contribution in [3.8, 4) is 0 Å². The van der Waals surface area contributed by atoms with E-state index in [1.807, 2.05) is 20.8 Å². The molecular formula is C17H25N5O4. The van der Waals surface area contributed by atoms with E-state index in [-0.39, 0.29) is 17.9 Å². The van der Waals surface area contributed by atoms with Crippen molar-refractivity contribution in [2.45, 2.75) is 51.5 Å². The van der Waals surface area contributed by atoms with Crippen LogP contribution in [0, 0.1) is 5.41 Å². The summed E-state index contributed by atoms with van der Waals surface area (Å²) in [7, 11) is 0. The van der Waals surface area contributed by atoms with E-state index in [0.29, 0.717) is 28.8 Å². The lowest BCUT2D eigenvalue weighted by Crippen LogP contribution is -2.35. The van der Waals surface area contributed by atoms with Crippen molar-refractivity contribution in [1.82, 2.24) is 20.3 Å². The molecular weight excluding hydrogens is 338 g/mol. The van der Waals surface area contributed by atoms with E-state index in [9.17, 15) is 20.1 Å². The number of aromatic nitrogens is 3. The number of H-pyrrole nitrogens is 1. The van der Waals surface area contributed by atoms with Gasteiger partial charge in [0.15, 0.2) is 5.82 Å². The molecule has 0 aliphatic carbocycles. The van der Waals surface area contributed by atoms with Crippen molar-refractivity contribution in [3.63, 3.8) is 0 Å². The average molecular weight is 363 g/mol. The highest BCUT2D eigenvalue weighted by Gasteiger charge is 2.42. The predicted molar refractivity (Wildman–Crippen MR) is 95.4 cm³/mol. The fourth-order valence-electron chi connectivity index (χ4n) is 3.25. The van der Waals surface area contributed by atoms with Gasteiger partial charge in [0.2, 0.25) is 5.91 Å². The number of rotatable bonds is 4. The highest BCUT2D eigenvalue weighted by Crippen LogP contribution is 2.33. The maximum absolute atomic E-state index is 12.2. The number of nitrogens with zero attached hydrogens (tertiary/aromatic N) is 2. The average Bonchev–Trinajstić information content (AvgIpc) is 3.09. The zero-order valence-corrected chi connectivity index (χ0v) is 15.0. The Labute approximate surface area is 150 Å². The Kier molecular flexibility index (Phi) is 4.98. The topological polar surface area (TPSA) is 143 Å². The van der Waals surface area contributed by atoms with Crippen molar-refractivity contribution in [2.24, 2.45) is 5.41 Å². The minimum atomic E-state index is -1.08. The molecule has 0 aromatic carbocycles. The molecule has 1 fully saturated rings. The lowest BCUT2D eigenvalue weighted by molar-refractivity contribution is -0.117. The minimum Gasteiger partial charge on any atom is -0.395 e. The third-order valence-electron chi connectivity index (χ3n) is 4.47. The van der Waals surface area contributed by atoms with Gasteiger partial charge in [-0.15, -0.1) is 0 Å². The van der Waals surface area contributed by atoms with Gasteiger partial charge in [-0.1, -0.05) is 20.8 Å². The Hall–Kier alpha value is -2.07. The van der Waals surface area contributed by atoms with Gasteiger partial charge in [0.05, 0.1) is 30.3 Å². The maximum Gasteiger partial charge on any atom is 0.226 e. The lowest BCUT2D eigenvalue weighted by Gasteiger charge is -2.17. The molecule has 142 valence electrons. The Morgan fingerprint density at radius 2 is 2.00 bits per heavy atom. The van der Waals surface area contributed by atoms with Crippen LogP contribution in [0.2, 0.25) is 0 Å². The normalized spacial score (nSPS) is 26.4. The molecule has 1 amide bonds. The van der Waals surface area contributed by atoms with Gasteiger partial charge >= 0.3 is 0 Å². The second kappa shape index (κ2) is 6.92. The Bertz CT molecular complexity index is 800. The summed E-state index contributed by atoms with van der Waals surface area (Å²) in [5.41, 5.74) is 1.56. The van der Waals surface area contributed by atoms with Crippen LogP contribution >= 0.6 is 0 Å². The first-order valence-corrected chi connectivity index (χ1v) is 8.56. The summed E-state index contributed by atoms with van der Waals surface area (Å²) < 4.78 is 0. The third kappa shape index (κ3) is 3.56. The van der Waals surface area contributed by atoms with Crippen LogP contribution in [0.5, 0.6) is 0 Å². The molecule has 3 rings (SSSR count). The first-order valence-electron chi connectivity index (χ1n) is 8.56. The van der Waals surface area contributed by atoms with E-state index in [4.69, 9.17) is 0 Å². The number of anilines is 1. The van der Waals surface area contributed by atoms with Crippen LogP contribution in [0.4, 0.5) is 5.82 Å². The monoisotopic (exact) mass is 363 g/mol. The summed E-state index contributed by atoms with van der Waals surface area (Å²) >= 11 is 0. The third-order valence-corrected chi connectivity index (χ3v) is 4.47. The number of hydrogen-bond acceptors (Lipinski definition) is 7. The van der Waals surface area contributed by atoms with Gasteiger partial charge in [-0.25, -0.2) is 9.97 Å². The molecule has 9 heteroatoms. The number of aliphatic hydroxyl groups is 3. The summed E-state index contributed by atoms with van der Waals surface area (Å²) in [6, 6.07) is -1.21. The van der Waals surface area contributed by atoms with Gasteiger partial charge in [0.25, 0.3) is 0 Å². The number of carbonyl (C=O) groups excluding carboxylic acids is 1. The fourth-order valence-corrected chi connectivity index (χ4v) is 3.25. The summed E-state index contributed by atoms with van der Waals surface area (Å²) in [4.78, 5) is 23.6. The SMILES string of the molecule is CC(C)(C)CC(=O)Nc1ncnc2c([C@@H]3N[C@H](CO)[C@@H](O)[C@H]3O)c[nH]c12. The summed E-state index contributed by atoms with van der Waals surface area (Å²) in [5.74, 6) is 0.214. The number of carbonyl (C=O) groups is 1. The van der Waals surface area contributed by atoms with Crippen molar-refractivity contribution in [3.05, 3.63) is 18.1 Å². The molecule has 0 saturated carbocycles. The van der Waals surface area contributed by atoms with Gasteiger partial charge < -0.3 is 30.9 Å². The molecule has 0 radical (unpaired) electrons. The van der Waals surface area contributed by atoms with Gasteiger partial charge in [0.1, 0.15) is 17.9 Å². The Balaban J connectivity index is 1.89. The van der Waals surface area contributed by atoms with Crippen molar-refractivity contribution in [2.75, 3.05) is 11.9 Å². The first kappa shape index (κ1) is 18.7. The molecule has 0 unspecified atom stereocenters. The van der Waals surface area contributed by atoms with Gasteiger partial charge in [-0.3, -0.25) is 4.79 Å². The Morgan fingerprint density at radius 3 is 2.62 bits per heavy atom. The molecule has 0 spiro atoms. The van der Waals surface area contributed by atoms with E-state index >= 15 is 0 Å². The second-order valence-corrected chi connectivity index (χ2v) is 7.89. The van der Waals surface area contributed by atoms with E-state index < -0.39 is 24.3 Å². The lowest BCUT2D eigenvalue weighted by atomic mass is 9.92. The quantitative estimate of drug-likeness (QED) is 0.451. The van der Waals surface area contributed by atoms with Gasteiger partial charge in [0, 0.05) is 18.2 Å². The number of hydrogen-bond donors (Lipinski definition) is 6. The van der Waals surface area contributed by atoms with E-state index in [1.54, 1.807) is 6.20 Å². The van der Waals surface area contributed by atoms with Crippen LogP contribution in [0.15, 0.2) is 12.5 Å². The van der Waals surface area contributed by atoms with Crippen LogP contribution in [0.3, 0.4) is 0 Å². The van der Waals surface area contributed by atoms with E-state index in [1.165, 1.54) is 6.33 Å². The summed E-state index contributed by atoms with van der Waals surface area (Å²) in [6.45, 7) is 5.64. The van der Waals surface area contributed by atoms with E-state index in [2.05, 4.69) is 25.6 Å². The van der Waals surface area contributed by atoms with Crippen LogP contribution in [-0.4, -0.2) is 61.0 Å². The first-order chi connectivity index (χ1) is 12.2. The highest BCUT2D eigenvalue weighted by atomic mass is 16.3. The minimum absolute atomic E-state index is 0.148. The zero-order valence-electron chi connectivity index (χ0n) is 15.0. The molecule has 6 N–H and O–H groups in total. The second-order valence-electron chi connectivity index (χ2n) is 7.89. The maximum atomic E-state index is 12.2. The molecule has 0 bridgehead atoms. The summed E-state index contributed by atoms with van der Waals surface area (Å²) in [5, 5.41) is 35.4. The van der Waals surface area contributed by atoms with Crippen LogP contribution < -0.4 is 10.6 Å². The van der Waals surface area contributed by atoms with Gasteiger partial charge in [-0.2, -0.15) is 0 Å². The van der Waals surface area contributed by atoms with Crippen molar-refractivity contribution >= 4 is 22.8 Å². The van der Waals surface area contributed by atoms with Crippen LogP contribution in [-0.2, 0) is 4.79 Å². The molecule has 1 saturated heterocycles. The van der Waals surface area contributed by atoms with Crippen molar-refractivity contribution in [1.29, 1.82) is 0 Å². The molecule has 26 heavy (non-hydrogen) atoms. The molecule has 2 aromatic heterocycles. The van der Waals surface area contributed by atoms with E-state index in [0.717, 1.165) is 0 Å². The number of nitrogens with one attached hydrogen (secondary N) is 3. The highest BCUT2D eigenvalue weighted by molar-refractivity contribution is 5.98. The molecule has 1 aliphatic rings. The van der Waals surface area contributed by atoms with Crippen LogP contribution in [0.1, 0.15) is 38.8 Å². The largest absolute Gasteiger partial charge is 0.395 e. The fraction of sp³-hybridized carbons (Fsp3) is 0.588. The molecule has 2 aromatic rings. The molecule has 3 heterocycles. The number of fused-ring (bicyclic) bond motifs is 1. The molecule has 9 nitrogen and oxygen atoms in total. The predicted octanol–water partition coefficient (Wildman–Crippen LogP) is 0.0596. The summed E-state index contributed by atoms with van der Waals surface area (Å²) in [6.07, 6.45) is 1.18. The number of amides is 1. The zero-order chi connectivity index (χ0) is 19.1. The smallest absolute Gasteiger partial charge is 0.226 e. The number of aliphatic hydroxyl groups excluding tert-OH is 3. The van der Waals surface area contributed by atoms with Crippen molar-refractivity contribution < 1.29 is 20.1 Å². The number of aromatic amines is 1. The van der Waals surface area contributed by atoms with Gasteiger partial charge in [-0.05, 0) is 5.41 Å². The molecule has 1 aliphatic heterocycles.